The van der Waals surface area contributed by atoms with Gasteiger partial charge in [-0.3, -0.25) is 5.73 Å². The highest BCUT2D eigenvalue weighted by Crippen LogP contribution is 2.63. The van der Waals surface area contributed by atoms with Gasteiger partial charge in [0.1, 0.15) is 5.69 Å². The van der Waals surface area contributed by atoms with E-state index < -0.39 is 0 Å². The summed E-state index contributed by atoms with van der Waals surface area (Å²) in [6, 6.07) is 0. The normalized spacial score (nSPS) is 47.6. The standard InChI is InChI=1S/C13H17ClN2S/c14-13-4-8-1-9(5-13)3-12(2-8,7-13)10-6-17-11(15)16-10/h6,8-9H,1-5,7H2,(H2,15,16)/p+1. The Labute approximate surface area is 111 Å². The number of nitrogen functional groups attached to an aromatic ring is 1. The summed E-state index contributed by atoms with van der Waals surface area (Å²) in [5.74, 6) is 1.70. The van der Waals surface area contributed by atoms with Crippen LogP contribution in [0.25, 0.3) is 0 Å². The van der Waals surface area contributed by atoms with E-state index in [9.17, 15) is 0 Å². The highest BCUT2D eigenvalue weighted by atomic mass is 35.5. The first-order valence-corrected chi connectivity index (χ1v) is 7.78. The summed E-state index contributed by atoms with van der Waals surface area (Å²) in [5, 5.41) is 3.06. The van der Waals surface area contributed by atoms with Crippen LogP contribution in [0, 0.1) is 11.8 Å². The molecule has 2 nitrogen and oxygen atoms in total. The minimum Gasteiger partial charge on any atom is -0.278 e. The van der Waals surface area contributed by atoms with Crippen LogP contribution in [0.4, 0.5) is 5.13 Å². The molecule has 4 bridgehead atoms. The summed E-state index contributed by atoms with van der Waals surface area (Å²) in [7, 11) is 0. The van der Waals surface area contributed by atoms with Gasteiger partial charge in [0.15, 0.2) is 0 Å². The van der Waals surface area contributed by atoms with Gasteiger partial charge in [-0.25, -0.2) is 4.98 Å². The summed E-state index contributed by atoms with van der Waals surface area (Å²) in [6.45, 7) is 0. The first-order chi connectivity index (χ1) is 8.07. The number of thiazole rings is 1. The van der Waals surface area contributed by atoms with E-state index in [-0.39, 0.29) is 4.87 Å². The monoisotopic (exact) mass is 269 g/mol. The number of H-pyrrole nitrogens is 1. The second-order valence-corrected chi connectivity index (χ2v) is 8.24. The van der Waals surface area contributed by atoms with E-state index in [1.165, 1.54) is 37.8 Å². The van der Waals surface area contributed by atoms with Crippen molar-refractivity contribution < 1.29 is 4.98 Å². The van der Waals surface area contributed by atoms with Crippen molar-refractivity contribution in [1.29, 1.82) is 0 Å². The van der Waals surface area contributed by atoms with Gasteiger partial charge in [0.05, 0.1) is 0 Å². The van der Waals surface area contributed by atoms with E-state index in [1.54, 1.807) is 11.3 Å². The van der Waals surface area contributed by atoms with Gasteiger partial charge in [-0.05, 0) is 50.4 Å². The Morgan fingerprint density at radius 1 is 1.29 bits per heavy atom. The lowest BCUT2D eigenvalue weighted by Gasteiger charge is -2.59. The van der Waals surface area contributed by atoms with Crippen LogP contribution in [0.15, 0.2) is 5.38 Å². The molecular weight excluding hydrogens is 252 g/mol. The maximum absolute atomic E-state index is 6.84. The minimum atomic E-state index is 0.0919. The molecule has 4 aliphatic carbocycles. The second kappa shape index (κ2) is 3.18. The number of aromatic nitrogens is 1. The van der Waals surface area contributed by atoms with Gasteiger partial charge in [-0.1, -0.05) is 11.3 Å². The van der Waals surface area contributed by atoms with Crippen LogP contribution in [0.3, 0.4) is 0 Å². The fraction of sp³-hybridized carbons (Fsp3) is 0.769. The molecule has 1 heterocycles. The van der Waals surface area contributed by atoms with Crippen LogP contribution < -0.4 is 10.7 Å². The van der Waals surface area contributed by atoms with Gasteiger partial charge in [-0.2, -0.15) is 0 Å². The molecule has 3 N–H and O–H groups in total. The smallest absolute Gasteiger partial charge is 0.278 e. The quantitative estimate of drug-likeness (QED) is 0.783. The first kappa shape index (κ1) is 10.6. The van der Waals surface area contributed by atoms with E-state index in [1.807, 2.05) is 0 Å². The third-order valence-corrected chi connectivity index (χ3v) is 6.27. The number of hydrogen-bond acceptors (Lipinski definition) is 2. The average molecular weight is 270 g/mol. The fourth-order valence-electron chi connectivity index (χ4n) is 5.04. The van der Waals surface area contributed by atoms with Crippen molar-refractivity contribution >= 4 is 28.1 Å². The molecule has 0 amide bonds. The number of rotatable bonds is 1. The zero-order chi connectivity index (χ0) is 11.7. The number of hydrogen-bond donors (Lipinski definition) is 1. The Balaban J connectivity index is 1.79. The molecule has 4 fully saturated rings. The molecule has 2 atom stereocenters. The van der Waals surface area contributed by atoms with E-state index in [0.29, 0.717) is 5.41 Å². The lowest BCUT2D eigenvalue weighted by Crippen LogP contribution is -2.56. The van der Waals surface area contributed by atoms with Crippen molar-refractivity contribution in [3.05, 3.63) is 11.1 Å². The Morgan fingerprint density at radius 2 is 2.00 bits per heavy atom. The van der Waals surface area contributed by atoms with Gasteiger partial charge in [0.25, 0.3) is 0 Å². The van der Waals surface area contributed by atoms with Crippen LogP contribution in [0.2, 0.25) is 0 Å². The van der Waals surface area contributed by atoms with Crippen molar-refractivity contribution in [1.82, 2.24) is 0 Å². The van der Waals surface area contributed by atoms with Gasteiger partial charge in [-0.15, -0.1) is 11.6 Å². The van der Waals surface area contributed by atoms with Crippen molar-refractivity contribution in [2.45, 2.75) is 48.8 Å². The molecule has 4 saturated carbocycles. The fourth-order valence-corrected chi connectivity index (χ4v) is 6.45. The molecule has 1 aromatic heterocycles. The molecule has 0 aromatic carbocycles. The lowest BCUT2D eigenvalue weighted by atomic mass is 9.48. The van der Waals surface area contributed by atoms with E-state index >= 15 is 0 Å². The number of nitrogens with one attached hydrogen (secondary N) is 1. The molecule has 17 heavy (non-hydrogen) atoms. The zero-order valence-corrected chi connectivity index (χ0v) is 11.4. The predicted octanol–water partition coefficient (Wildman–Crippen LogP) is 2.97. The molecule has 2 unspecified atom stereocenters. The van der Waals surface area contributed by atoms with Crippen molar-refractivity contribution in [2.24, 2.45) is 11.8 Å². The highest BCUT2D eigenvalue weighted by Gasteiger charge is 2.59. The zero-order valence-electron chi connectivity index (χ0n) is 9.84. The Bertz CT molecular complexity index is 456. The highest BCUT2D eigenvalue weighted by molar-refractivity contribution is 7.13. The number of anilines is 1. The van der Waals surface area contributed by atoms with Crippen LogP contribution in [0.1, 0.15) is 44.2 Å². The molecule has 0 aliphatic heterocycles. The van der Waals surface area contributed by atoms with Crippen LogP contribution in [-0.4, -0.2) is 4.87 Å². The van der Waals surface area contributed by atoms with Crippen LogP contribution >= 0.6 is 22.9 Å². The number of alkyl halides is 1. The molecule has 0 radical (unpaired) electrons. The van der Waals surface area contributed by atoms with Gasteiger partial charge in [0, 0.05) is 15.7 Å². The van der Waals surface area contributed by atoms with E-state index in [4.69, 9.17) is 17.3 Å². The summed E-state index contributed by atoms with van der Waals surface area (Å²) in [6.07, 6.45) is 7.70. The maximum atomic E-state index is 6.84. The molecule has 1 aromatic rings. The van der Waals surface area contributed by atoms with Crippen molar-refractivity contribution in [3.63, 3.8) is 0 Å². The number of halogens is 1. The van der Waals surface area contributed by atoms with Gasteiger partial charge < -0.3 is 0 Å². The molecule has 4 aliphatic rings. The third-order valence-electron chi connectivity index (χ3n) is 5.12. The van der Waals surface area contributed by atoms with Crippen LogP contribution in [-0.2, 0) is 5.41 Å². The molecule has 0 saturated heterocycles. The van der Waals surface area contributed by atoms with Gasteiger partial charge in [0.2, 0.25) is 0 Å². The largest absolute Gasteiger partial charge is 0.329 e. The topological polar surface area (TPSA) is 40.2 Å². The van der Waals surface area contributed by atoms with E-state index in [0.717, 1.165) is 23.4 Å². The Morgan fingerprint density at radius 3 is 2.53 bits per heavy atom. The SMILES string of the molecule is Nc1[nH+]c(C23CC4CC(CC(Cl)(C4)C2)C3)cs1. The summed E-state index contributed by atoms with van der Waals surface area (Å²) in [4.78, 5) is 3.48. The Kier molecular flexibility index (Phi) is 1.99. The summed E-state index contributed by atoms with van der Waals surface area (Å²) < 4.78 is 0. The maximum Gasteiger partial charge on any atom is 0.329 e. The number of nitrogens with two attached hydrogens (primary N) is 1. The second-order valence-electron chi connectivity index (χ2n) is 6.53. The van der Waals surface area contributed by atoms with Gasteiger partial charge >= 0.3 is 5.13 Å². The number of aromatic amines is 1. The average Bonchev–Trinajstić information content (AvgIpc) is 2.61. The van der Waals surface area contributed by atoms with Crippen molar-refractivity contribution in [3.8, 4) is 0 Å². The summed E-state index contributed by atoms with van der Waals surface area (Å²) >= 11 is 8.47. The van der Waals surface area contributed by atoms with Crippen molar-refractivity contribution in [2.75, 3.05) is 5.73 Å². The predicted molar refractivity (Wildman–Crippen MR) is 70.2 cm³/mol. The third kappa shape index (κ3) is 1.48. The minimum absolute atomic E-state index is 0.0919. The first-order valence-electron chi connectivity index (χ1n) is 6.53. The van der Waals surface area contributed by atoms with E-state index in [2.05, 4.69) is 10.4 Å². The summed E-state index contributed by atoms with van der Waals surface area (Å²) in [5.41, 5.74) is 7.54. The molecule has 0 spiro atoms. The molecule has 5 rings (SSSR count). The molecule has 92 valence electrons. The lowest BCUT2D eigenvalue weighted by molar-refractivity contribution is -0.379. The Hall–Kier alpha value is -0.280. The molecule has 4 heteroatoms. The molecular formula is C13H18ClN2S+. The van der Waals surface area contributed by atoms with Crippen LogP contribution in [0.5, 0.6) is 0 Å².